The van der Waals surface area contributed by atoms with Crippen LogP contribution in [0, 0.1) is 5.82 Å². The lowest BCUT2D eigenvalue weighted by molar-refractivity contribution is 0.579. The Bertz CT molecular complexity index is 647. The Balaban J connectivity index is 2.02. The largest absolute Gasteiger partial charge is 0.309 e. The minimum absolute atomic E-state index is 0.147. The summed E-state index contributed by atoms with van der Waals surface area (Å²) in [5, 5.41) is 3.38. The summed E-state index contributed by atoms with van der Waals surface area (Å²) < 4.78 is 15.1. The van der Waals surface area contributed by atoms with Crippen molar-refractivity contribution in [2.45, 2.75) is 31.7 Å². The van der Waals surface area contributed by atoms with E-state index in [1.807, 2.05) is 7.05 Å². The second-order valence-electron chi connectivity index (χ2n) is 5.29. The van der Waals surface area contributed by atoms with Crippen molar-refractivity contribution in [3.8, 4) is 0 Å². The monoisotopic (exact) mass is 387 g/mol. The predicted molar refractivity (Wildman–Crippen MR) is 91.0 cm³/mol. The van der Waals surface area contributed by atoms with Gasteiger partial charge in [-0.25, -0.2) is 4.39 Å². The molecule has 1 nitrogen and oxygen atoms in total. The molecule has 0 bridgehead atoms. The van der Waals surface area contributed by atoms with Gasteiger partial charge >= 0.3 is 0 Å². The molecule has 1 atom stereocenters. The molecule has 1 unspecified atom stereocenters. The summed E-state index contributed by atoms with van der Waals surface area (Å²) in [5.41, 5.74) is 2.04. The molecule has 1 heterocycles. The molecule has 1 aromatic heterocycles. The first-order valence-corrected chi connectivity index (χ1v) is 9.02. The van der Waals surface area contributed by atoms with Crippen molar-refractivity contribution in [2.75, 3.05) is 7.05 Å². The van der Waals surface area contributed by atoms with E-state index in [9.17, 15) is 4.39 Å². The number of hydrogen-bond acceptors (Lipinski definition) is 2. The highest BCUT2D eigenvalue weighted by Crippen LogP contribution is 2.38. The van der Waals surface area contributed by atoms with E-state index in [1.54, 1.807) is 23.5 Å². The van der Waals surface area contributed by atoms with Crippen molar-refractivity contribution in [1.82, 2.24) is 5.32 Å². The van der Waals surface area contributed by atoms with Gasteiger partial charge in [0.05, 0.1) is 11.1 Å². The number of rotatable bonds is 3. The van der Waals surface area contributed by atoms with Crippen molar-refractivity contribution in [1.29, 1.82) is 0 Å². The molecule has 0 aliphatic heterocycles. The van der Waals surface area contributed by atoms with Gasteiger partial charge in [-0.1, -0.05) is 17.7 Å². The van der Waals surface area contributed by atoms with Crippen molar-refractivity contribution < 1.29 is 4.39 Å². The molecule has 1 aliphatic carbocycles. The molecular formula is C16H16BrClFNS. The molecule has 1 N–H and O–H groups in total. The summed E-state index contributed by atoms with van der Waals surface area (Å²) in [6.45, 7) is 0. The topological polar surface area (TPSA) is 12.0 Å². The van der Waals surface area contributed by atoms with E-state index >= 15 is 0 Å². The van der Waals surface area contributed by atoms with E-state index in [0.29, 0.717) is 10.0 Å². The molecule has 2 aromatic rings. The summed E-state index contributed by atoms with van der Waals surface area (Å²) in [6, 6.07) is 5.69. The summed E-state index contributed by atoms with van der Waals surface area (Å²) in [7, 11) is 1.86. The van der Waals surface area contributed by atoms with Gasteiger partial charge < -0.3 is 5.32 Å². The number of fused-ring (bicyclic) bond motifs is 1. The van der Waals surface area contributed by atoms with E-state index in [-0.39, 0.29) is 16.9 Å². The number of nitrogens with one attached hydrogen (secondary N) is 1. The van der Waals surface area contributed by atoms with Crippen LogP contribution < -0.4 is 5.32 Å². The Labute approximate surface area is 141 Å². The normalized spacial score (nSPS) is 15.8. The fourth-order valence-electron chi connectivity index (χ4n) is 2.87. The lowest BCUT2D eigenvalue weighted by atomic mass is 9.97. The van der Waals surface area contributed by atoms with Gasteiger partial charge in [0.15, 0.2) is 0 Å². The minimum atomic E-state index is -0.350. The molecule has 5 heteroatoms. The highest BCUT2D eigenvalue weighted by atomic mass is 79.9. The van der Waals surface area contributed by atoms with Crippen LogP contribution in [0.15, 0.2) is 22.7 Å². The van der Waals surface area contributed by atoms with E-state index < -0.39 is 0 Å². The first kappa shape index (κ1) is 15.5. The van der Waals surface area contributed by atoms with Crippen LogP contribution in [0.3, 0.4) is 0 Å². The minimum Gasteiger partial charge on any atom is -0.309 e. The molecule has 0 radical (unpaired) electrons. The molecule has 0 fully saturated rings. The van der Waals surface area contributed by atoms with E-state index in [2.05, 4.69) is 27.3 Å². The summed E-state index contributed by atoms with van der Waals surface area (Å²) in [6.07, 6.45) is 4.81. The average molecular weight is 389 g/mol. The highest BCUT2D eigenvalue weighted by Gasteiger charge is 2.23. The lowest BCUT2D eigenvalue weighted by Crippen LogP contribution is -2.18. The smallest absolute Gasteiger partial charge is 0.148 e. The van der Waals surface area contributed by atoms with Crippen LogP contribution in [0.25, 0.3) is 0 Å². The first-order valence-electron chi connectivity index (χ1n) is 7.04. The molecule has 3 rings (SSSR count). The maximum atomic E-state index is 14.5. The third-order valence-corrected chi connectivity index (χ3v) is 6.53. The van der Waals surface area contributed by atoms with Crippen molar-refractivity contribution in [2.24, 2.45) is 0 Å². The second-order valence-corrected chi connectivity index (χ2v) is 7.69. The number of benzene rings is 1. The quantitative estimate of drug-likeness (QED) is 0.685. The summed E-state index contributed by atoms with van der Waals surface area (Å²) in [4.78, 5) is 2.63. The number of aryl methyl sites for hydroxylation is 2. The van der Waals surface area contributed by atoms with E-state index in [1.165, 1.54) is 28.2 Å². The van der Waals surface area contributed by atoms with E-state index in [0.717, 1.165) is 12.8 Å². The zero-order valence-corrected chi connectivity index (χ0v) is 14.8. The second kappa shape index (κ2) is 6.37. The molecule has 0 amide bonds. The van der Waals surface area contributed by atoms with Gasteiger partial charge in [0.25, 0.3) is 0 Å². The van der Waals surface area contributed by atoms with Crippen LogP contribution in [-0.4, -0.2) is 7.05 Å². The van der Waals surface area contributed by atoms with Crippen molar-refractivity contribution in [3.05, 3.63) is 54.4 Å². The van der Waals surface area contributed by atoms with Gasteiger partial charge in [0.1, 0.15) is 5.82 Å². The van der Waals surface area contributed by atoms with Gasteiger partial charge in [-0.15, -0.1) is 11.3 Å². The Morgan fingerprint density at radius 1 is 1.33 bits per heavy atom. The number of hydrogen-bond donors (Lipinski definition) is 1. The van der Waals surface area contributed by atoms with Gasteiger partial charge in [-0.05, 0) is 66.4 Å². The number of thiophene rings is 1. The van der Waals surface area contributed by atoms with Gasteiger partial charge in [-0.3, -0.25) is 0 Å². The van der Waals surface area contributed by atoms with E-state index in [4.69, 9.17) is 11.6 Å². The Morgan fingerprint density at radius 2 is 2.10 bits per heavy atom. The summed E-state index contributed by atoms with van der Waals surface area (Å²) >= 11 is 11.1. The van der Waals surface area contributed by atoms with Crippen LogP contribution in [0.5, 0.6) is 0 Å². The summed E-state index contributed by atoms with van der Waals surface area (Å²) in [5.74, 6) is -0.350. The molecule has 21 heavy (non-hydrogen) atoms. The molecule has 0 spiro atoms. The van der Waals surface area contributed by atoms with Crippen LogP contribution in [0.4, 0.5) is 4.39 Å². The lowest BCUT2D eigenvalue weighted by Gasteiger charge is -2.17. The Kier molecular flexibility index (Phi) is 4.69. The SMILES string of the molecule is CNC(c1cc2c(s1)CCCC2)c1ccc(Br)c(Cl)c1F. The highest BCUT2D eigenvalue weighted by molar-refractivity contribution is 9.10. The third kappa shape index (κ3) is 2.91. The molecule has 112 valence electrons. The standard InChI is InChI=1S/C16H16BrClFNS/c1-20-16(10-6-7-11(17)14(18)15(10)19)13-8-9-4-2-3-5-12(9)21-13/h6-8,16,20H,2-5H2,1H3. The van der Waals surface area contributed by atoms with Crippen LogP contribution >= 0.6 is 38.9 Å². The first-order chi connectivity index (χ1) is 10.1. The Hall–Kier alpha value is -0.420. The van der Waals surface area contributed by atoms with Crippen molar-refractivity contribution >= 4 is 38.9 Å². The maximum Gasteiger partial charge on any atom is 0.148 e. The zero-order valence-electron chi connectivity index (χ0n) is 11.7. The average Bonchev–Trinajstić information content (AvgIpc) is 2.91. The molecule has 0 saturated heterocycles. The molecule has 1 aliphatic rings. The molecular weight excluding hydrogens is 373 g/mol. The molecule has 1 aromatic carbocycles. The van der Waals surface area contributed by atoms with Crippen LogP contribution in [-0.2, 0) is 12.8 Å². The van der Waals surface area contributed by atoms with Gasteiger partial charge in [0.2, 0.25) is 0 Å². The van der Waals surface area contributed by atoms with Gasteiger partial charge in [0, 0.05) is 19.8 Å². The van der Waals surface area contributed by atoms with Crippen LogP contribution in [0.1, 0.15) is 39.8 Å². The maximum absolute atomic E-state index is 14.5. The Morgan fingerprint density at radius 3 is 2.81 bits per heavy atom. The fourth-order valence-corrected chi connectivity index (χ4v) is 4.74. The fraction of sp³-hybridized carbons (Fsp3) is 0.375. The zero-order chi connectivity index (χ0) is 15.0. The number of halogens is 3. The van der Waals surface area contributed by atoms with Crippen molar-refractivity contribution in [3.63, 3.8) is 0 Å². The predicted octanol–water partition coefficient (Wildman–Crippen LogP) is 5.49. The third-order valence-electron chi connectivity index (χ3n) is 3.96. The van der Waals surface area contributed by atoms with Crippen LogP contribution in [0.2, 0.25) is 5.02 Å². The van der Waals surface area contributed by atoms with Gasteiger partial charge in [-0.2, -0.15) is 0 Å². The molecule has 0 saturated carbocycles.